The summed E-state index contributed by atoms with van der Waals surface area (Å²) in [5, 5.41) is 10.4. The van der Waals surface area contributed by atoms with E-state index in [-0.39, 0.29) is 18.4 Å². The molecule has 4 heterocycles. The Kier molecular flexibility index (Phi) is 7.83. The standard InChI is InChI=1S/C29H41FN6O3/c1-5-25-24(21-15-31-32-16-21)6-7-26(33-25)35-19-29(8-10-34(11-9-29)18-28(2,3)38)36(27(35)37)17-20-12-22(30)14-23(13-20)39-4/h6-7,12-14,21,31-32,38H,5,8-11,15-19H2,1-4H3. The lowest BCUT2D eigenvalue weighted by Gasteiger charge is -2.44. The molecule has 0 atom stereocenters. The number of carbonyl (C=O) groups excluding carboxylic acids is 1. The first-order valence-corrected chi connectivity index (χ1v) is 13.9. The van der Waals surface area contributed by atoms with Crippen molar-refractivity contribution in [1.82, 2.24) is 25.6 Å². The van der Waals surface area contributed by atoms with Crippen LogP contribution in [0.5, 0.6) is 5.75 Å². The van der Waals surface area contributed by atoms with Gasteiger partial charge in [0.2, 0.25) is 0 Å². The van der Waals surface area contributed by atoms with E-state index in [9.17, 15) is 14.3 Å². The van der Waals surface area contributed by atoms with Crippen LogP contribution in [-0.4, -0.2) is 83.4 Å². The summed E-state index contributed by atoms with van der Waals surface area (Å²) in [6.45, 7) is 10.4. The largest absolute Gasteiger partial charge is 0.497 e. The molecule has 0 radical (unpaired) electrons. The molecule has 1 aromatic carbocycles. The highest BCUT2D eigenvalue weighted by Crippen LogP contribution is 2.40. The zero-order valence-corrected chi connectivity index (χ0v) is 23.5. The minimum atomic E-state index is -0.785. The number of hydrazine groups is 1. The van der Waals surface area contributed by atoms with E-state index in [1.807, 2.05) is 24.8 Å². The molecular weight excluding hydrogens is 499 g/mol. The molecule has 9 nitrogen and oxygen atoms in total. The fourth-order valence-electron chi connectivity index (χ4n) is 6.31. The Bertz CT molecular complexity index is 1190. The number of nitrogens with one attached hydrogen (secondary N) is 2. The number of halogens is 1. The minimum absolute atomic E-state index is 0.110. The van der Waals surface area contributed by atoms with E-state index in [1.165, 1.54) is 24.8 Å². The number of rotatable bonds is 8. The summed E-state index contributed by atoms with van der Waals surface area (Å²) in [6, 6.07) is 8.59. The third kappa shape index (κ3) is 5.89. The smallest absolute Gasteiger partial charge is 0.326 e. The maximum absolute atomic E-state index is 14.4. The average molecular weight is 541 g/mol. The number of β-amino-alcohol motifs (C(OH)–C–C–N with tert-alkyl or cyclic N) is 1. The van der Waals surface area contributed by atoms with Gasteiger partial charge in [-0.25, -0.2) is 14.2 Å². The number of aromatic nitrogens is 1. The van der Waals surface area contributed by atoms with Crippen molar-refractivity contribution >= 4 is 11.8 Å². The fourth-order valence-corrected chi connectivity index (χ4v) is 6.31. The molecule has 10 heteroatoms. The summed E-state index contributed by atoms with van der Waals surface area (Å²) < 4.78 is 19.7. The Morgan fingerprint density at radius 2 is 1.90 bits per heavy atom. The van der Waals surface area contributed by atoms with E-state index < -0.39 is 11.1 Å². The van der Waals surface area contributed by atoms with E-state index in [2.05, 4.69) is 28.7 Å². The lowest BCUT2D eigenvalue weighted by molar-refractivity contribution is 0.00617. The molecule has 0 unspecified atom stereocenters. The van der Waals surface area contributed by atoms with Crippen molar-refractivity contribution in [2.75, 3.05) is 51.3 Å². The van der Waals surface area contributed by atoms with Crippen LogP contribution in [0.3, 0.4) is 0 Å². The molecule has 3 saturated heterocycles. The second-order valence-corrected chi connectivity index (χ2v) is 11.8. The van der Waals surface area contributed by atoms with Gasteiger partial charge in [-0.3, -0.25) is 15.8 Å². The van der Waals surface area contributed by atoms with E-state index in [4.69, 9.17) is 9.72 Å². The van der Waals surface area contributed by atoms with Gasteiger partial charge in [-0.2, -0.15) is 0 Å². The number of benzene rings is 1. The number of ether oxygens (including phenoxy) is 1. The van der Waals surface area contributed by atoms with Crippen LogP contribution < -0.4 is 20.5 Å². The predicted molar refractivity (Wildman–Crippen MR) is 148 cm³/mol. The van der Waals surface area contributed by atoms with Gasteiger partial charge in [0.1, 0.15) is 17.4 Å². The lowest BCUT2D eigenvalue weighted by Crippen LogP contribution is -2.55. The van der Waals surface area contributed by atoms with Gasteiger partial charge in [0, 0.05) is 56.9 Å². The zero-order valence-electron chi connectivity index (χ0n) is 23.5. The Balaban J connectivity index is 1.45. The topological polar surface area (TPSA) is 93.2 Å². The molecule has 2 aromatic rings. The number of hydrogen-bond acceptors (Lipinski definition) is 7. The molecule has 3 aliphatic rings. The molecule has 0 bridgehead atoms. The molecule has 3 fully saturated rings. The van der Waals surface area contributed by atoms with Gasteiger partial charge in [0.15, 0.2) is 0 Å². The molecule has 3 aliphatic heterocycles. The van der Waals surface area contributed by atoms with Crippen LogP contribution in [0, 0.1) is 5.82 Å². The summed E-state index contributed by atoms with van der Waals surface area (Å²) in [5.41, 5.74) is 8.10. The summed E-state index contributed by atoms with van der Waals surface area (Å²) in [7, 11) is 1.51. The number of likely N-dealkylation sites (tertiary alicyclic amines) is 1. The van der Waals surface area contributed by atoms with Crippen LogP contribution in [0.4, 0.5) is 15.0 Å². The van der Waals surface area contributed by atoms with Crippen molar-refractivity contribution in [3.63, 3.8) is 0 Å². The molecule has 212 valence electrons. The van der Waals surface area contributed by atoms with Gasteiger partial charge in [0.25, 0.3) is 0 Å². The Labute approximate surface area is 230 Å². The summed E-state index contributed by atoms with van der Waals surface area (Å²) >= 11 is 0. The van der Waals surface area contributed by atoms with Gasteiger partial charge >= 0.3 is 6.03 Å². The number of amides is 2. The predicted octanol–water partition coefficient (Wildman–Crippen LogP) is 3.03. The van der Waals surface area contributed by atoms with Crippen molar-refractivity contribution in [1.29, 1.82) is 0 Å². The van der Waals surface area contributed by atoms with Crippen LogP contribution in [0.25, 0.3) is 0 Å². The third-order valence-electron chi connectivity index (χ3n) is 8.26. The second kappa shape index (κ2) is 11.0. The monoisotopic (exact) mass is 540 g/mol. The van der Waals surface area contributed by atoms with Gasteiger partial charge in [-0.1, -0.05) is 13.0 Å². The van der Waals surface area contributed by atoms with Crippen molar-refractivity contribution in [3.8, 4) is 5.75 Å². The molecule has 5 rings (SSSR count). The molecule has 39 heavy (non-hydrogen) atoms. The first-order chi connectivity index (χ1) is 18.6. The summed E-state index contributed by atoms with van der Waals surface area (Å²) in [5.74, 6) is 1.06. The maximum atomic E-state index is 14.4. The molecule has 2 amide bonds. The Hall–Kier alpha value is -2.79. The maximum Gasteiger partial charge on any atom is 0.326 e. The number of urea groups is 1. The van der Waals surface area contributed by atoms with Crippen molar-refractivity contribution in [3.05, 3.63) is 53.0 Å². The highest BCUT2D eigenvalue weighted by atomic mass is 19.1. The van der Waals surface area contributed by atoms with Gasteiger partial charge in [-0.15, -0.1) is 0 Å². The number of aryl methyl sites for hydroxylation is 1. The van der Waals surface area contributed by atoms with E-state index in [0.29, 0.717) is 36.1 Å². The lowest BCUT2D eigenvalue weighted by atomic mass is 9.86. The Morgan fingerprint density at radius 3 is 2.54 bits per heavy atom. The molecule has 3 N–H and O–H groups in total. The molecular formula is C29H41FN6O3. The van der Waals surface area contributed by atoms with E-state index >= 15 is 0 Å². The van der Waals surface area contributed by atoms with Gasteiger partial charge in [-0.05, 0) is 62.4 Å². The summed E-state index contributed by atoms with van der Waals surface area (Å²) in [4.78, 5) is 25.1. The number of nitrogens with zero attached hydrogens (tertiary/aromatic N) is 4. The fraction of sp³-hybridized carbons (Fsp3) is 0.586. The number of piperidine rings is 1. The van der Waals surface area contributed by atoms with Crippen molar-refractivity contribution < 1.29 is 19.0 Å². The average Bonchev–Trinajstić information content (AvgIpc) is 3.52. The third-order valence-corrected chi connectivity index (χ3v) is 8.26. The van der Waals surface area contributed by atoms with E-state index in [1.54, 1.807) is 11.0 Å². The Morgan fingerprint density at radius 1 is 1.18 bits per heavy atom. The number of carbonyl (C=O) groups is 1. The minimum Gasteiger partial charge on any atom is -0.497 e. The van der Waals surface area contributed by atoms with Crippen molar-refractivity contribution in [2.24, 2.45) is 0 Å². The molecule has 1 aromatic heterocycles. The number of anilines is 1. The van der Waals surface area contributed by atoms with Gasteiger partial charge < -0.3 is 19.6 Å². The van der Waals surface area contributed by atoms with Gasteiger partial charge in [0.05, 0.1) is 24.8 Å². The highest BCUT2D eigenvalue weighted by molar-refractivity contribution is 5.94. The number of pyridine rings is 1. The highest BCUT2D eigenvalue weighted by Gasteiger charge is 2.51. The van der Waals surface area contributed by atoms with Crippen molar-refractivity contribution in [2.45, 2.75) is 63.6 Å². The van der Waals surface area contributed by atoms with E-state index in [0.717, 1.165) is 51.1 Å². The number of aliphatic hydroxyl groups is 1. The van der Waals surface area contributed by atoms with Crippen LogP contribution >= 0.6 is 0 Å². The van der Waals surface area contributed by atoms with Crippen LogP contribution in [0.1, 0.15) is 56.4 Å². The second-order valence-electron chi connectivity index (χ2n) is 11.8. The first-order valence-electron chi connectivity index (χ1n) is 13.9. The normalized spacial score (nSPS) is 20.4. The number of hydrogen-bond donors (Lipinski definition) is 3. The molecule has 0 aliphatic carbocycles. The quantitative estimate of drug-likeness (QED) is 0.474. The molecule has 0 saturated carbocycles. The summed E-state index contributed by atoms with van der Waals surface area (Å²) in [6.07, 6.45) is 2.30. The van der Waals surface area contributed by atoms with Crippen LogP contribution in [0.2, 0.25) is 0 Å². The SMILES string of the molecule is CCc1nc(N2CC3(CCN(CC(C)(C)O)CC3)N(Cc3cc(F)cc(OC)c3)C2=O)ccc1C1CNNC1. The van der Waals surface area contributed by atoms with Crippen LogP contribution in [0.15, 0.2) is 30.3 Å². The molecule has 1 spiro atoms. The van der Waals surface area contributed by atoms with Crippen LogP contribution in [-0.2, 0) is 13.0 Å². The number of methoxy groups -OCH3 is 1. The zero-order chi connectivity index (χ0) is 27.8. The first kappa shape index (κ1) is 27.8.